The summed E-state index contributed by atoms with van der Waals surface area (Å²) in [6.07, 6.45) is -4.49. The fraction of sp³-hybridized carbons (Fsp3) is 0.571. The Labute approximate surface area is 82.3 Å². The molecule has 1 unspecified atom stereocenters. The third-order valence-electron chi connectivity index (χ3n) is 2.11. The molecular formula is C7H7F3N4O. The Morgan fingerprint density at radius 3 is 2.73 bits per heavy atom. The minimum atomic E-state index is -4.62. The fourth-order valence-electron chi connectivity index (χ4n) is 1.45. The van der Waals surface area contributed by atoms with Gasteiger partial charge in [-0.25, -0.2) is 4.68 Å². The minimum Gasteiger partial charge on any atom is -0.273 e. The molecule has 0 fully saturated rings. The van der Waals surface area contributed by atoms with Crippen molar-refractivity contribution in [2.45, 2.75) is 25.4 Å². The average Bonchev–Trinajstić information content (AvgIpc) is 2.45. The highest BCUT2D eigenvalue weighted by atomic mass is 19.4. The number of carbonyl (C=O) groups excluding carboxylic acids is 1. The van der Waals surface area contributed by atoms with Crippen molar-refractivity contribution < 1.29 is 18.0 Å². The molecule has 1 aliphatic heterocycles. The lowest BCUT2D eigenvalue weighted by molar-refractivity contribution is -0.147. The van der Waals surface area contributed by atoms with Crippen LogP contribution in [0.3, 0.4) is 0 Å². The fourth-order valence-corrected chi connectivity index (χ4v) is 1.45. The Balaban J connectivity index is 2.50. The molecule has 0 aromatic carbocycles. The Morgan fingerprint density at radius 2 is 2.13 bits per heavy atom. The molecule has 0 radical (unpaired) electrons. The highest BCUT2D eigenvalue weighted by molar-refractivity contribution is 5.85. The van der Waals surface area contributed by atoms with Crippen molar-refractivity contribution in [3.63, 3.8) is 0 Å². The van der Waals surface area contributed by atoms with E-state index in [1.54, 1.807) is 6.92 Å². The number of halogens is 3. The summed E-state index contributed by atoms with van der Waals surface area (Å²) in [6.45, 7) is 1.62. The zero-order valence-electron chi connectivity index (χ0n) is 7.67. The molecule has 1 atom stereocenters. The maximum Gasteiger partial charge on any atom is 0.453 e. The molecule has 0 saturated carbocycles. The SMILES string of the molecule is CC1CC(=O)Nn2c1nnc2C(F)(F)F. The van der Waals surface area contributed by atoms with Crippen LogP contribution in [-0.4, -0.2) is 20.8 Å². The molecule has 0 saturated heterocycles. The van der Waals surface area contributed by atoms with Crippen molar-refractivity contribution in [3.05, 3.63) is 11.6 Å². The van der Waals surface area contributed by atoms with Gasteiger partial charge in [-0.3, -0.25) is 10.2 Å². The zero-order valence-corrected chi connectivity index (χ0v) is 7.67. The number of rotatable bonds is 0. The van der Waals surface area contributed by atoms with Gasteiger partial charge in [-0.05, 0) is 0 Å². The summed E-state index contributed by atoms with van der Waals surface area (Å²) in [4.78, 5) is 11.1. The number of alkyl halides is 3. The van der Waals surface area contributed by atoms with Crippen LogP contribution in [0.2, 0.25) is 0 Å². The van der Waals surface area contributed by atoms with Gasteiger partial charge in [0.15, 0.2) is 5.82 Å². The molecule has 1 aromatic heterocycles. The molecule has 5 nitrogen and oxygen atoms in total. The van der Waals surface area contributed by atoms with Crippen LogP contribution in [0.5, 0.6) is 0 Å². The summed E-state index contributed by atoms with van der Waals surface area (Å²) in [5.41, 5.74) is 2.08. The Kier molecular flexibility index (Phi) is 1.95. The molecular weight excluding hydrogens is 213 g/mol. The van der Waals surface area contributed by atoms with E-state index in [0.717, 1.165) is 0 Å². The van der Waals surface area contributed by atoms with E-state index in [0.29, 0.717) is 4.68 Å². The number of amides is 1. The van der Waals surface area contributed by atoms with Crippen molar-refractivity contribution >= 4 is 5.91 Å². The summed E-state index contributed by atoms with van der Waals surface area (Å²) >= 11 is 0. The number of aromatic nitrogens is 3. The first-order valence-electron chi connectivity index (χ1n) is 4.22. The van der Waals surface area contributed by atoms with Crippen LogP contribution in [0.25, 0.3) is 0 Å². The molecule has 82 valence electrons. The highest BCUT2D eigenvalue weighted by Crippen LogP contribution is 2.31. The lowest BCUT2D eigenvalue weighted by Gasteiger charge is -2.21. The Hall–Kier alpha value is -1.60. The lowest BCUT2D eigenvalue weighted by Crippen LogP contribution is -2.34. The van der Waals surface area contributed by atoms with E-state index >= 15 is 0 Å². The van der Waals surface area contributed by atoms with E-state index < -0.39 is 17.9 Å². The summed E-state index contributed by atoms with van der Waals surface area (Å²) in [5, 5.41) is 6.44. The second kappa shape index (κ2) is 2.94. The topological polar surface area (TPSA) is 59.8 Å². The van der Waals surface area contributed by atoms with Crippen LogP contribution in [0.15, 0.2) is 0 Å². The monoisotopic (exact) mass is 220 g/mol. The predicted molar refractivity (Wildman–Crippen MR) is 42.4 cm³/mol. The summed E-state index contributed by atoms with van der Waals surface area (Å²) in [7, 11) is 0. The van der Waals surface area contributed by atoms with E-state index in [9.17, 15) is 18.0 Å². The predicted octanol–water partition coefficient (Wildman–Crippen LogP) is 0.874. The molecule has 1 aromatic rings. The normalized spacial score (nSPS) is 21.1. The van der Waals surface area contributed by atoms with Crippen molar-refractivity contribution in [2.24, 2.45) is 0 Å². The van der Waals surface area contributed by atoms with Crippen LogP contribution >= 0.6 is 0 Å². The average molecular weight is 220 g/mol. The van der Waals surface area contributed by atoms with Crippen LogP contribution in [0.1, 0.15) is 30.9 Å². The number of nitrogens with one attached hydrogen (secondary N) is 1. The molecule has 0 bridgehead atoms. The Bertz CT molecular complexity index is 411. The largest absolute Gasteiger partial charge is 0.453 e. The van der Waals surface area contributed by atoms with E-state index in [1.165, 1.54) is 0 Å². The van der Waals surface area contributed by atoms with Gasteiger partial charge in [-0.15, -0.1) is 10.2 Å². The van der Waals surface area contributed by atoms with E-state index in [1.807, 2.05) is 0 Å². The second-order valence-corrected chi connectivity index (χ2v) is 3.36. The van der Waals surface area contributed by atoms with Crippen molar-refractivity contribution in [3.8, 4) is 0 Å². The summed E-state index contributed by atoms with van der Waals surface area (Å²) < 4.78 is 37.8. The Morgan fingerprint density at radius 1 is 1.47 bits per heavy atom. The maximum atomic E-state index is 12.4. The van der Waals surface area contributed by atoms with Crippen molar-refractivity contribution in [1.29, 1.82) is 0 Å². The summed E-state index contributed by atoms with van der Waals surface area (Å²) in [6, 6.07) is 0. The van der Waals surface area contributed by atoms with Crippen LogP contribution in [0.4, 0.5) is 13.2 Å². The summed E-state index contributed by atoms with van der Waals surface area (Å²) in [5.74, 6) is -1.90. The van der Waals surface area contributed by atoms with Gasteiger partial charge in [0.25, 0.3) is 5.82 Å². The molecule has 2 rings (SSSR count). The van der Waals surface area contributed by atoms with Gasteiger partial charge in [0.05, 0.1) is 0 Å². The van der Waals surface area contributed by atoms with Gasteiger partial charge in [0.1, 0.15) is 0 Å². The molecule has 8 heteroatoms. The van der Waals surface area contributed by atoms with Crippen LogP contribution in [0, 0.1) is 0 Å². The van der Waals surface area contributed by atoms with Gasteiger partial charge < -0.3 is 0 Å². The van der Waals surface area contributed by atoms with E-state index in [2.05, 4.69) is 15.6 Å². The number of hydrogen-bond acceptors (Lipinski definition) is 3. The molecule has 0 spiro atoms. The zero-order chi connectivity index (χ0) is 11.2. The number of nitrogens with zero attached hydrogens (tertiary/aromatic N) is 3. The quantitative estimate of drug-likeness (QED) is 0.705. The standard InChI is InChI=1S/C7H7F3N4O/c1-3-2-4(15)13-14-5(3)11-12-6(14)7(8,9)10/h3H,2H2,1H3,(H,13,15). The lowest BCUT2D eigenvalue weighted by atomic mass is 10.1. The van der Waals surface area contributed by atoms with Gasteiger partial charge >= 0.3 is 6.18 Å². The molecule has 0 aliphatic carbocycles. The van der Waals surface area contributed by atoms with Gasteiger partial charge in [0, 0.05) is 12.3 Å². The van der Waals surface area contributed by atoms with Crippen LogP contribution in [-0.2, 0) is 11.0 Å². The molecule has 1 aliphatic rings. The molecule has 15 heavy (non-hydrogen) atoms. The third kappa shape index (κ3) is 1.55. The number of fused-ring (bicyclic) bond motifs is 1. The first-order chi connectivity index (χ1) is 6.89. The highest BCUT2D eigenvalue weighted by Gasteiger charge is 2.41. The van der Waals surface area contributed by atoms with Crippen LogP contribution < -0.4 is 5.43 Å². The van der Waals surface area contributed by atoms with E-state index in [-0.39, 0.29) is 18.2 Å². The first-order valence-corrected chi connectivity index (χ1v) is 4.22. The maximum absolute atomic E-state index is 12.4. The number of hydrogen-bond donors (Lipinski definition) is 1. The van der Waals surface area contributed by atoms with E-state index in [4.69, 9.17) is 0 Å². The van der Waals surface area contributed by atoms with Crippen molar-refractivity contribution in [1.82, 2.24) is 14.9 Å². The van der Waals surface area contributed by atoms with Gasteiger partial charge in [0.2, 0.25) is 5.91 Å². The first kappa shape index (κ1) is 9.94. The second-order valence-electron chi connectivity index (χ2n) is 3.36. The van der Waals surface area contributed by atoms with Gasteiger partial charge in [-0.2, -0.15) is 13.2 Å². The number of carbonyl (C=O) groups is 1. The smallest absolute Gasteiger partial charge is 0.273 e. The minimum absolute atomic E-state index is 0.121. The molecule has 1 N–H and O–H groups in total. The molecule has 2 heterocycles. The molecule has 1 amide bonds. The van der Waals surface area contributed by atoms with Crippen molar-refractivity contribution in [2.75, 3.05) is 5.43 Å². The third-order valence-corrected chi connectivity index (χ3v) is 2.11. The van der Waals surface area contributed by atoms with Gasteiger partial charge in [-0.1, -0.05) is 6.92 Å².